The molecule has 3 fully saturated rings. The molecule has 2 saturated carbocycles. The molecule has 3 aliphatic rings. The topological polar surface area (TPSA) is 20.3 Å². The van der Waals surface area contributed by atoms with Crippen LogP contribution in [-0.4, -0.2) is 21.2 Å². The minimum atomic E-state index is 0.117. The van der Waals surface area contributed by atoms with Crippen LogP contribution >= 0.6 is 24.0 Å². The number of carbonyl (C=O) groups is 1. The van der Waals surface area contributed by atoms with Crippen LogP contribution in [0.25, 0.3) is 6.08 Å². The highest BCUT2D eigenvalue weighted by Gasteiger charge is 2.47. The van der Waals surface area contributed by atoms with Gasteiger partial charge in [0, 0.05) is 6.04 Å². The van der Waals surface area contributed by atoms with E-state index in [9.17, 15) is 4.79 Å². The summed E-state index contributed by atoms with van der Waals surface area (Å²) in [6, 6.07) is 10.4. The third-order valence-corrected chi connectivity index (χ3v) is 6.28. The number of rotatable bonds is 2. The minimum absolute atomic E-state index is 0.117. The summed E-state index contributed by atoms with van der Waals surface area (Å²) >= 11 is 6.95. The monoisotopic (exact) mass is 315 g/mol. The number of benzene rings is 1. The van der Waals surface area contributed by atoms with E-state index in [1.54, 1.807) is 0 Å². The van der Waals surface area contributed by atoms with Crippen LogP contribution in [0.1, 0.15) is 31.2 Å². The molecule has 3 atom stereocenters. The van der Waals surface area contributed by atoms with Crippen molar-refractivity contribution in [2.75, 3.05) is 0 Å². The van der Waals surface area contributed by atoms with Crippen molar-refractivity contribution in [1.82, 2.24) is 4.90 Å². The predicted molar refractivity (Wildman–Crippen MR) is 90.7 cm³/mol. The summed E-state index contributed by atoms with van der Waals surface area (Å²) in [6.45, 7) is 0. The maximum absolute atomic E-state index is 12.7. The van der Waals surface area contributed by atoms with Gasteiger partial charge in [0.2, 0.25) is 0 Å². The van der Waals surface area contributed by atoms with Crippen molar-refractivity contribution in [1.29, 1.82) is 0 Å². The van der Waals surface area contributed by atoms with E-state index in [1.807, 2.05) is 41.3 Å². The molecule has 2 nitrogen and oxygen atoms in total. The molecule has 1 aliphatic heterocycles. The van der Waals surface area contributed by atoms with E-state index in [4.69, 9.17) is 12.2 Å². The number of thiocarbonyl (C=S) groups is 1. The lowest BCUT2D eigenvalue weighted by Crippen LogP contribution is -2.41. The Bertz CT molecular complexity index is 625. The summed E-state index contributed by atoms with van der Waals surface area (Å²) in [7, 11) is 0. The van der Waals surface area contributed by atoms with E-state index in [-0.39, 0.29) is 5.91 Å². The van der Waals surface area contributed by atoms with Crippen molar-refractivity contribution in [3.8, 4) is 0 Å². The summed E-state index contributed by atoms with van der Waals surface area (Å²) < 4.78 is 0.750. The standard InChI is InChI=1S/C17H17NOS2/c19-16-15(10-11-4-2-1-3-5-11)21-17(20)18(16)14-9-12-6-7-13(14)8-12/h1-5,10,12-14H,6-9H2/b15-10-. The third kappa shape index (κ3) is 2.34. The highest BCUT2D eigenvalue weighted by Crippen LogP contribution is 2.49. The van der Waals surface area contributed by atoms with Crippen LogP contribution in [-0.2, 0) is 4.79 Å². The van der Waals surface area contributed by atoms with Crippen LogP contribution in [0, 0.1) is 11.8 Å². The van der Waals surface area contributed by atoms with Gasteiger partial charge in [-0.2, -0.15) is 0 Å². The Morgan fingerprint density at radius 2 is 2.00 bits per heavy atom. The van der Waals surface area contributed by atoms with Gasteiger partial charge in [-0.1, -0.05) is 60.7 Å². The molecule has 3 unspecified atom stereocenters. The first-order valence-electron chi connectivity index (χ1n) is 7.54. The molecule has 1 aromatic carbocycles. The van der Waals surface area contributed by atoms with Crippen molar-refractivity contribution in [3.05, 3.63) is 40.8 Å². The van der Waals surface area contributed by atoms with Gasteiger partial charge in [-0.3, -0.25) is 9.69 Å². The van der Waals surface area contributed by atoms with Gasteiger partial charge in [-0.15, -0.1) is 0 Å². The van der Waals surface area contributed by atoms with Gasteiger partial charge in [0.25, 0.3) is 5.91 Å². The molecule has 1 amide bonds. The number of fused-ring (bicyclic) bond motifs is 2. The lowest BCUT2D eigenvalue weighted by molar-refractivity contribution is -0.124. The summed E-state index contributed by atoms with van der Waals surface area (Å²) in [4.78, 5) is 15.4. The maximum Gasteiger partial charge on any atom is 0.266 e. The molecule has 0 N–H and O–H groups in total. The fourth-order valence-corrected chi connectivity index (χ4v) is 5.37. The first-order chi connectivity index (χ1) is 10.2. The first kappa shape index (κ1) is 13.5. The van der Waals surface area contributed by atoms with Gasteiger partial charge < -0.3 is 0 Å². The second-order valence-corrected chi connectivity index (χ2v) is 7.88. The van der Waals surface area contributed by atoms with Gasteiger partial charge in [0.05, 0.1) is 4.91 Å². The van der Waals surface area contributed by atoms with Gasteiger partial charge in [0.1, 0.15) is 4.32 Å². The Morgan fingerprint density at radius 1 is 1.19 bits per heavy atom. The predicted octanol–water partition coefficient (Wildman–Crippen LogP) is 4.08. The first-order valence-corrected chi connectivity index (χ1v) is 8.77. The van der Waals surface area contributed by atoms with Crippen LogP contribution < -0.4 is 0 Å². The number of amides is 1. The Labute approximate surface area is 134 Å². The van der Waals surface area contributed by atoms with E-state index in [0.717, 1.165) is 27.1 Å². The third-order valence-electron chi connectivity index (χ3n) is 4.95. The lowest BCUT2D eigenvalue weighted by Gasteiger charge is -2.30. The Morgan fingerprint density at radius 3 is 2.67 bits per heavy atom. The molecule has 4 rings (SSSR count). The maximum atomic E-state index is 12.7. The second kappa shape index (κ2) is 5.25. The normalized spacial score (nSPS) is 33.4. The van der Waals surface area contributed by atoms with E-state index < -0.39 is 0 Å². The number of hydrogen-bond donors (Lipinski definition) is 0. The molecule has 0 aromatic heterocycles. The molecule has 1 aromatic rings. The molecular formula is C17H17NOS2. The van der Waals surface area contributed by atoms with Crippen molar-refractivity contribution in [3.63, 3.8) is 0 Å². The SMILES string of the molecule is O=C1/C(=C/c2ccccc2)SC(=S)N1C1CC2CCC1C2. The molecule has 4 heteroatoms. The molecule has 2 aliphatic carbocycles. The van der Waals surface area contributed by atoms with Gasteiger partial charge in [-0.05, 0) is 42.7 Å². The van der Waals surface area contributed by atoms with Crippen LogP contribution in [0.2, 0.25) is 0 Å². The molecule has 21 heavy (non-hydrogen) atoms. The van der Waals surface area contributed by atoms with Gasteiger partial charge in [-0.25, -0.2) is 0 Å². The Kier molecular flexibility index (Phi) is 3.38. The highest BCUT2D eigenvalue weighted by molar-refractivity contribution is 8.26. The van der Waals surface area contributed by atoms with Gasteiger partial charge in [0.15, 0.2) is 0 Å². The van der Waals surface area contributed by atoms with Crippen LogP contribution in [0.5, 0.6) is 0 Å². The largest absolute Gasteiger partial charge is 0.289 e. The van der Waals surface area contributed by atoms with E-state index >= 15 is 0 Å². The van der Waals surface area contributed by atoms with Crippen LogP contribution in [0.4, 0.5) is 0 Å². The van der Waals surface area contributed by atoms with Crippen molar-refractivity contribution < 1.29 is 4.79 Å². The Hall–Kier alpha value is -1.13. The number of nitrogens with zero attached hydrogens (tertiary/aromatic N) is 1. The quantitative estimate of drug-likeness (QED) is 0.606. The molecule has 0 radical (unpaired) electrons. The smallest absolute Gasteiger partial charge is 0.266 e. The summed E-state index contributed by atoms with van der Waals surface area (Å²) in [5.74, 6) is 1.61. The van der Waals surface area contributed by atoms with Crippen molar-refractivity contribution >= 4 is 40.3 Å². The van der Waals surface area contributed by atoms with E-state index in [0.29, 0.717) is 12.0 Å². The zero-order chi connectivity index (χ0) is 14.4. The molecule has 1 heterocycles. The molecular weight excluding hydrogens is 298 g/mol. The van der Waals surface area contributed by atoms with E-state index in [1.165, 1.54) is 31.0 Å². The van der Waals surface area contributed by atoms with Crippen LogP contribution in [0.15, 0.2) is 35.2 Å². The lowest BCUT2D eigenvalue weighted by atomic mass is 9.94. The average molecular weight is 315 g/mol. The number of carbonyl (C=O) groups excluding carboxylic acids is 1. The zero-order valence-electron chi connectivity index (χ0n) is 11.7. The molecule has 108 valence electrons. The minimum Gasteiger partial charge on any atom is -0.289 e. The fraction of sp³-hybridized carbons (Fsp3) is 0.412. The van der Waals surface area contributed by atoms with Crippen LogP contribution in [0.3, 0.4) is 0 Å². The summed E-state index contributed by atoms with van der Waals surface area (Å²) in [6.07, 6.45) is 7.02. The molecule has 1 saturated heterocycles. The fourth-order valence-electron chi connectivity index (χ4n) is 3.99. The number of thioether (sulfide) groups is 1. The zero-order valence-corrected chi connectivity index (χ0v) is 13.3. The Balaban J connectivity index is 1.59. The summed E-state index contributed by atoms with van der Waals surface area (Å²) in [5.41, 5.74) is 1.06. The van der Waals surface area contributed by atoms with Crippen molar-refractivity contribution in [2.24, 2.45) is 11.8 Å². The molecule has 0 spiro atoms. The summed E-state index contributed by atoms with van der Waals surface area (Å²) in [5, 5.41) is 0. The number of hydrogen-bond acceptors (Lipinski definition) is 3. The average Bonchev–Trinajstić information content (AvgIpc) is 3.16. The molecule has 2 bridgehead atoms. The van der Waals surface area contributed by atoms with Gasteiger partial charge >= 0.3 is 0 Å². The highest BCUT2D eigenvalue weighted by atomic mass is 32.2. The van der Waals surface area contributed by atoms with E-state index in [2.05, 4.69) is 0 Å². The second-order valence-electron chi connectivity index (χ2n) is 6.20. The van der Waals surface area contributed by atoms with Crippen molar-refractivity contribution in [2.45, 2.75) is 31.7 Å².